The lowest BCUT2D eigenvalue weighted by atomic mass is 9.97. The molecule has 0 aliphatic carbocycles. The Balaban J connectivity index is 1.83. The molecule has 0 radical (unpaired) electrons. The van der Waals surface area contributed by atoms with E-state index in [1.54, 1.807) is 36.4 Å². The third-order valence-corrected chi connectivity index (χ3v) is 4.78. The molecule has 0 fully saturated rings. The van der Waals surface area contributed by atoms with Crippen molar-refractivity contribution in [2.75, 3.05) is 10.6 Å². The van der Waals surface area contributed by atoms with Crippen LogP contribution in [0.1, 0.15) is 49.9 Å². The van der Waals surface area contributed by atoms with Gasteiger partial charge in [-0.05, 0) is 49.2 Å². The summed E-state index contributed by atoms with van der Waals surface area (Å²) in [5.74, 6) is 0.624. The van der Waals surface area contributed by atoms with E-state index in [-0.39, 0.29) is 17.7 Å². The van der Waals surface area contributed by atoms with Crippen LogP contribution in [0.5, 0.6) is 11.5 Å². The molecule has 0 aromatic heterocycles. The fourth-order valence-corrected chi connectivity index (χ4v) is 3.39. The molecule has 2 aromatic carbocycles. The zero-order chi connectivity index (χ0) is 19.4. The van der Waals surface area contributed by atoms with Gasteiger partial charge in [0.2, 0.25) is 5.91 Å². The van der Waals surface area contributed by atoms with E-state index >= 15 is 0 Å². The number of ether oxygens (including phenoxy) is 1. The summed E-state index contributed by atoms with van der Waals surface area (Å²) in [5.41, 5.74) is 1.46. The van der Waals surface area contributed by atoms with Gasteiger partial charge in [0, 0.05) is 16.6 Å². The Morgan fingerprint density at radius 2 is 1.81 bits per heavy atom. The minimum Gasteiger partial charge on any atom is -0.454 e. The van der Waals surface area contributed by atoms with Crippen LogP contribution in [0.3, 0.4) is 0 Å². The van der Waals surface area contributed by atoms with E-state index in [4.69, 9.17) is 16.3 Å². The predicted molar refractivity (Wildman–Crippen MR) is 108 cm³/mol. The SMILES string of the molecule is CCCC(CCC)C(=O)Nc1ccc2c(c1)C(=O)Nc1cc(Cl)ccc1O2. The highest BCUT2D eigenvalue weighted by Crippen LogP contribution is 2.38. The smallest absolute Gasteiger partial charge is 0.259 e. The number of carbonyl (C=O) groups is 2. The summed E-state index contributed by atoms with van der Waals surface area (Å²) in [5, 5.41) is 6.25. The maximum atomic E-state index is 12.6. The Morgan fingerprint density at radius 1 is 1.11 bits per heavy atom. The van der Waals surface area contributed by atoms with Gasteiger partial charge in [-0.2, -0.15) is 0 Å². The summed E-state index contributed by atoms with van der Waals surface area (Å²) in [7, 11) is 0. The summed E-state index contributed by atoms with van der Waals surface area (Å²) in [6.07, 6.45) is 3.62. The van der Waals surface area contributed by atoms with E-state index in [1.807, 2.05) is 0 Å². The first-order valence-corrected chi connectivity index (χ1v) is 9.63. The van der Waals surface area contributed by atoms with Crippen molar-refractivity contribution in [2.24, 2.45) is 5.92 Å². The molecule has 1 aliphatic heterocycles. The second-order valence-electron chi connectivity index (χ2n) is 6.67. The number of hydrogen-bond donors (Lipinski definition) is 2. The summed E-state index contributed by atoms with van der Waals surface area (Å²) >= 11 is 6.00. The van der Waals surface area contributed by atoms with Gasteiger partial charge in [-0.25, -0.2) is 0 Å². The van der Waals surface area contributed by atoms with E-state index in [0.29, 0.717) is 33.5 Å². The molecule has 1 heterocycles. The second-order valence-corrected chi connectivity index (χ2v) is 7.11. The standard InChI is InChI=1S/C21H23ClN2O3/c1-3-5-13(6-4-2)20(25)23-15-8-10-18-16(12-15)21(26)24-17-11-14(22)7-9-19(17)27-18/h7-13H,3-6H2,1-2H3,(H,23,25)(H,24,26). The molecule has 0 saturated heterocycles. The van der Waals surface area contributed by atoms with Gasteiger partial charge in [0.15, 0.2) is 5.75 Å². The molecule has 0 atom stereocenters. The third kappa shape index (κ3) is 4.42. The first-order valence-electron chi connectivity index (χ1n) is 9.25. The lowest BCUT2D eigenvalue weighted by Gasteiger charge is -2.16. The molecule has 0 saturated carbocycles. The van der Waals surface area contributed by atoms with Crippen molar-refractivity contribution < 1.29 is 14.3 Å². The maximum absolute atomic E-state index is 12.6. The Kier molecular flexibility index (Phi) is 6.01. The van der Waals surface area contributed by atoms with Crippen molar-refractivity contribution in [1.82, 2.24) is 0 Å². The van der Waals surface area contributed by atoms with E-state index < -0.39 is 0 Å². The fraction of sp³-hybridized carbons (Fsp3) is 0.333. The van der Waals surface area contributed by atoms with Crippen LogP contribution >= 0.6 is 11.6 Å². The van der Waals surface area contributed by atoms with Crippen LogP contribution in [-0.2, 0) is 4.79 Å². The number of hydrogen-bond acceptors (Lipinski definition) is 3. The van der Waals surface area contributed by atoms with Gasteiger partial charge in [-0.15, -0.1) is 0 Å². The van der Waals surface area contributed by atoms with Crippen LogP contribution in [-0.4, -0.2) is 11.8 Å². The summed E-state index contributed by atoms with van der Waals surface area (Å²) in [6.45, 7) is 4.15. The Hall–Kier alpha value is -2.53. The van der Waals surface area contributed by atoms with Crippen molar-refractivity contribution in [2.45, 2.75) is 39.5 Å². The fourth-order valence-electron chi connectivity index (χ4n) is 3.22. The molecule has 27 heavy (non-hydrogen) atoms. The van der Waals surface area contributed by atoms with Crippen molar-refractivity contribution in [3.05, 3.63) is 47.0 Å². The zero-order valence-corrected chi connectivity index (χ0v) is 16.2. The number of rotatable bonds is 6. The van der Waals surface area contributed by atoms with Crippen LogP contribution in [0.25, 0.3) is 0 Å². The molecule has 2 N–H and O–H groups in total. The molecule has 2 amide bonds. The van der Waals surface area contributed by atoms with Gasteiger partial charge in [0.25, 0.3) is 5.91 Å². The largest absolute Gasteiger partial charge is 0.454 e. The van der Waals surface area contributed by atoms with Crippen molar-refractivity contribution in [3.8, 4) is 11.5 Å². The third-order valence-electron chi connectivity index (χ3n) is 4.55. The number of amides is 2. The van der Waals surface area contributed by atoms with E-state index in [2.05, 4.69) is 24.5 Å². The Labute approximate surface area is 164 Å². The van der Waals surface area contributed by atoms with Crippen molar-refractivity contribution in [3.63, 3.8) is 0 Å². The van der Waals surface area contributed by atoms with Gasteiger partial charge in [-0.3, -0.25) is 9.59 Å². The van der Waals surface area contributed by atoms with Gasteiger partial charge >= 0.3 is 0 Å². The van der Waals surface area contributed by atoms with Crippen molar-refractivity contribution >= 4 is 34.8 Å². The molecule has 1 aliphatic rings. The van der Waals surface area contributed by atoms with Crippen LogP contribution < -0.4 is 15.4 Å². The van der Waals surface area contributed by atoms with Gasteiger partial charge in [-0.1, -0.05) is 38.3 Å². The number of fused-ring (bicyclic) bond motifs is 2. The van der Waals surface area contributed by atoms with Gasteiger partial charge < -0.3 is 15.4 Å². The van der Waals surface area contributed by atoms with Crippen LogP contribution in [0.15, 0.2) is 36.4 Å². The molecule has 0 spiro atoms. The first kappa shape index (κ1) is 19.2. The number of carbonyl (C=O) groups excluding carboxylic acids is 2. The highest BCUT2D eigenvalue weighted by Gasteiger charge is 2.23. The van der Waals surface area contributed by atoms with E-state index in [9.17, 15) is 9.59 Å². The monoisotopic (exact) mass is 386 g/mol. The van der Waals surface area contributed by atoms with Crippen LogP contribution in [0, 0.1) is 5.92 Å². The minimum absolute atomic E-state index is 0.0105. The molecule has 0 unspecified atom stereocenters. The van der Waals surface area contributed by atoms with E-state index in [1.165, 1.54) is 0 Å². The second kappa shape index (κ2) is 8.44. The summed E-state index contributed by atoms with van der Waals surface area (Å²) in [4.78, 5) is 25.2. The maximum Gasteiger partial charge on any atom is 0.259 e. The normalized spacial score (nSPS) is 12.5. The highest BCUT2D eigenvalue weighted by molar-refractivity contribution is 6.31. The lowest BCUT2D eigenvalue weighted by Crippen LogP contribution is -2.23. The van der Waals surface area contributed by atoms with E-state index in [0.717, 1.165) is 25.7 Å². The van der Waals surface area contributed by atoms with Gasteiger partial charge in [0.05, 0.1) is 11.3 Å². The molecule has 2 aromatic rings. The minimum atomic E-state index is -0.305. The van der Waals surface area contributed by atoms with Gasteiger partial charge in [0.1, 0.15) is 5.75 Å². The molecular formula is C21H23ClN2O3. The molecule has 5 nitrogen and oxygen atoms in total. The summed E-state index contributed by atoms with van der Waals surface area (Å²) in [6, 6.07) is 10.1. The predicted octanol–water partition coefficient (Wildman–Crippen LogP) is 5.85. The summed E-state index contributed by atoms with van der Waals surface area (Å²) < 4.78 is 5.86. The van der Waals surface area contributed by atoms with Crippen LogP contribution in [0.4, 0.5) is 11.4 Å². The number of halogens is 1. The molecular weight excluding hydrogens is 364 g/mol. The zero-order valence-electron chi connectivity index (χ0n) is 15.5. The average molecular weight is 387 g/mol. The number of anilines is 2. The lowest BCUT2D eigenvalue weighted by molar-refractivity contribution is -0.120. The van der Waals surface area contributed by atoms with Crippen molar-refractivity contribution in [1.29, 1.82) is 0 Å². The first-order chi connectivity index (χ1) is 13.0. The molecule has 0 bridgehead atoms. The molecule has 6 heteroatoms. The number of nitrogens with one attached hydrogen (secondary N) is 2. The van der Waals surface area contributed by atoms with Crippen LogP contribution in [0.2, 0.25) is 5.02 Å². The Morgan fingerprint density at radius 3 is 2.52 bits per heavy atom. The molecule has 3 rings (SSSR count). The quantitative estimate of drug-likeness (QED) is 0.654. The molecule has 142 valence electrons. The number of benzene rings is 2. The Bertz CT molecular complexity index is 861. The topological polar surface area (TPSA) is 67.4 Å². The average Bonchev–Trinajstić information content (AvgIpc) is 2.77. The highest BCUT2D eigenvalue weighted by atomic mass is 35.5.